The minimum Gasteiger partial charge on any atom is -0.497 e. The summed E-state index contributed by atoms with van der Waals surface area (Å²) in [5.41, 5.74) is 4.58. The third-order valence-corrected chi connectivity index (χ3v) is 9.06. The summed E-state index contributed by atoms with van der Waals surface area (Å²) in [6.45, 7) is 14.2. The normalized spacial score (nSPS) is 19.9. The molecule has 0 aromatic heterocycles. The van der Waals surface area contributed by atoms with Crippen molar-refractivity contribution in [1.29, 1.82) is 0 Å². The lowest BCUT2D eigenvalue weighted by molar-refractivity contribution is 0.415. The van der Waals surface area contributed by atoms with Gasteiger partial charge in [-0.3, -0.25) is 0 Å². The lowest BCUT2D eigenvalue weighted by Gasteiger charge is -2.30. The molecule has 0 radical (unpaired) electrons. The maximum absolute atomic E-state index is 5.28. The van der Waals surface area contributed by atoms with Crippen LogP contribution < -0.4 is 9.92 Å². The van der Waals surface area contributed by atoms with E-state index in [-0.39, 0.29) is 0 Å². The number of allylic oxidation sites excluding steroid dienone is 4. The van der Waals surface area contributed by atoms with Crippen LogP contribution in [0.2, 0.25) is 13.1 Å². The van der Waals surface area contributed by atoms with Crippen LogP contribution in [0.5, 0.6) is 5.75 Å². The molecule has 2 heteroatoms. The molecule has 0 N–H and O–H groups in total. The van der Waals surface area contributed by atoms with E-state index in [1.54, 1.807) is 17.9 Å². The zero-order valence-electron chi connectivity index (χ0n) is 13.8. The van der Waals surface area contributed by atoms with E-state index < -0.39 is 8.07 Å². The number of rotatable bonds is 3. The Morgan fingerprint density at radius 1 is 0.950 bits per heavy atom. The van der Waals surface area contributed by atoms with Crippen molar-refractivity contribution in [3.05, 3.63) is 46.2 Å². The van der Waals surface area contributed by atoms with E-state index in [1.807, 2.05) is 0 Å². The molecule has 0 amide bonds. The molecule has 0 saturated heterocycles. The van der Waals surface area contributed by atoms with Crippen molar-refractivity contribution in [2.24, 2.45) is 5.92 Å². The van der Waals surface area contributed by atoms with E-state index in [0.717, 1.165) is 5.75 Å². The van der Waals surface area contributed by atoms with Gasteiger partial charge in [0.15, 0.2) is 0 Å². The topological polar surface area (TPSA) is 9.23 Å². The summed E-state index contributed by atoms with van der Waals surface area (Å²) in [4.78, 5) is 0. The second-order valence-corrected chi connectivity index (χ2v) is 10.8. The molecule has 1 aliphatic rings. The van der Waals surface area contributed by atoms with Crippen LogP contribution >= 0.6 is 0 Å². The molecular weight excluding hydrogens is 260 g/mol. The first-order valence-corrected chi connectivity index (χ1v) is 10.3. The van der Waals surface area contributed by atoms with E-state index in [1.165, 1.54) is 16.3 Å². The summed E-state index contributed by atoms with van der Waals surface area (Å²) in [6, 6.07) is 8.68. The van der Waals surface area contributed by atoms with Gasteiger partial charge in [0.25, 0.3) is 0 Å². The molecule has 0 heterocycles. The molecule has 20 heavy (non-hydrogen) atoms. The van der Waals surface area contributed by atoms with Crippen LogP contribution in [0.25, 0.3) is 0 Å². The Labute approximate surface area is 124 Å². The van der Waals surface area contributed by atoms with E-state index >= 15 is 0 Å². The van der Waals surface area contributed by atoms with Gasteiger partial charge in [-0.25, -0.2) is 0 Å². The van der Waals surface area contributed by atoms with Crippen LogP contribution in [0.1, 0.15) is 27.7 Å². The molecule has 0 saturated carbocycles. The van der Waals surface area contributed by atoms with Crippen LogP contribution in [0.3, 0.4) is 0 Å². The number of benzene rings is 1. The molecule has 1 atom stereocenters. The maximum atomic E-state index is 5.28. The Balaban J connectivity index is 2.45. The average molecular weight is 286 g/mol. The summed E-state index contributed by atoms with van der Waals surface area (Å²) >= 11 is 0. The highest BCUT2D eigenvalue weighted by molar-refractivity contribution is 6.96. The lowest BCUT2D eigenvalue weighted by atomic mass is 10.1. The number of hydrogen-bond donors (Lipinski definition) is 0. The van der Waals surface area contributed by atoms with Gasteiger partial charge < -0.3 is 4.74 Å². The molecule has 2 rings (SSSR count). The maximum Gasteiger partial charge on any atom is 0.118 e. The lowest BCUT2D eigenvalue weighted by Crippen LogP contribution is -2.45. The summed E-state index contributed by atoms with van der Waals surface area (Å²) in [5.74, 6) is 1.54. The van der Waals surface area contributed by atoms with Gasteiger partial charge in [0, 0.05) is 0 Å². The van der Waals surface area contributed by atoms with E-state index in [2.05, 4.69) is 65.1 Å². The number of methoxy groups -OCH3 is 1. The predicted molar refractivity (Wildman–Crippen MR) is 90.3 cm³/mol. The van der Waals surface area contributed by atoms with Crippen molar-refractivity contribution < 1.29 is 4.74 Å². The second-order valence-electron chi connectivity index (χ2n) is 6.42. The van der Waals surface area contributed by atoms with E-state index in [4.69, 9.17) is 4.74 Å². The van der Waals surface area contributed by atoms with Crippen molar-refractivity contribution in [2.45, 2.75) is 40.8 Å². The SMILES string of the molecule is COc1ccc([Si](C)(C)C2=C(C)C(C)=C(C)C2C)cc1. The van der Waals surface area contributed by atoms with Gasteiger partial charge >= 0.3 is 0 Å². The third kappa shape index (κ3) is 2.26. The molecule has 1 aromatic rings. The Kier molecular flexibility index (Phi) is 3.97. The quantitative estimate of drug-likeness (QED) is 0.746. The molecule has 0 aliphatic heterocycles. The van der Waals surface area contributed by atoms with E-state index in [9.17, 15) is 0 Å². The molecule has 0 spiro atoms. The number of ether oxygens (including phenoxy) is 1. The average Bonchev–Trinajstić information content (AvgIpc) is 2.63. The highest BCUT2D eigenvalue weighted by Crippen LogP contribution is 2.41. The fourth-order valence-electron chi connectivity index (χ4n) is 3.54. The molecule has 0 fully saturated rings. The van der Waals surface area contributed by atoms with Crippen LogP contribution in [0.4, 0.5) is 0 Å². The third-order valence-electron chi connectivity index (χ3n) is 5.13. The second kappa shape index (κ2) is 5.25. The van der Waals surface area contributed by atoms with Crippen LogP contribution in [-0.2, 0) is 0 Å². The van der Waals surface area contributed by atoms with Crippen molar-refractivity contribution in [1.82, 2.24) is 0 Å². The van der Waals surface area contributed by atoms with E-state index in [0.29, 0.717) is 5.92 Å². The van der Waals surface area contributed by atoms with Crippen LogP contribution in [0.15, 0.2) is 46.2 Å². The molecule has 1 nitrogen and oxygen atoms in total. The molecule has 1 aliphatic carbocycles. The monoisotopic (exact) mass is 286 g/mol. The summed E-state index contributed by atoms with van der Waals surface area (Å²) < 4.78 is 5.28. The molecular formula is C18H26OSi. The van der Waals surface area contributed by atoms with Gasteiger partial charge in [0.05, 0.1) is 7.11 Å². The van der Waals surface area contributed by atoms with Gasteiger partial charge in [-0.15, -0.1) is 0 Å². The molecule has 1 aromatic carbocycles. The van der Waals surface area contributed by atoms with Crippen molar-refractivity contribution >= 4 is 13.3 Å². The zero-order valence-corrected chi connectivity index (χ0v) is 14.8. The van der Waals surface area contributed by atoms with Gasteiger partial charge in [-0.1, -0.05) is 53.7 Å². The fraction of sp³-hybridized carbons (Fsp3) is 0.444. The first-order valence-electron chi connectivity index (χ1n) is 7.34. The smallest absolute Gasteiger partial charge is 0.118 e. The molecule has 1 unspecified atom stereocenters. The largest absolute Gasteiger partial charge is 0.497 e. The zero-order chi connectivity index (χ0) is 15.1. The Bertz CT molecular complexity index is 576. The Morgan fingerprint density at radius 3 is 1.90 bits per heavy atom. The van der Waals surface area contributed by atoms with Crippen molar-refractivity contribution in [3.8, 4) is 5.75 Å². The molecule has 0 bridgehead atoms. The van der Waals surface area contributed by atoms with Crippen LogP contribution in [0, 0.1) is 5.92 Å². The Hall–Kier alpha value is -1.28. The first-order chi connectivity index (χ1) is 9.30. The summed E-state index contributed by atoms with van der Waals surface area (Å²) in [6.07, 6.45) is 0. The fourth-order valence-corrected chi connectivity index (χ4v) is 7.27. The predicted octanol–water partition coefficient (Wildman–Crippen LogP) is 4.45. The summed E-state index contributed by atoms with van der Waals surface area (Å²) in [7, 11) is 0.113. The van der Waals surface area contributed by atoms with Gasteiger partial charge in [-0.05, 0) is 44.4 Å². The van der Waals surface area contributed by atoms with Gasteiger partial charge in [0.2, 0.25) is 0 Å². The van der Waals surface area contributed by atoms with Gasteiger partial charge in [-0.2, -0.15) is 0 Å². The minimum atomic E-state index is -1.61. The van der Waals surface area contributed by atoms with Crippen LogP contribution in [-0.4, -0.2) is 15.2 Å². The Morgan fingerprint density at radius 2 is 1.50 bits per heavy atom. The van der Waals surface area contributed by atoms with Crippen molar-refractivity contribution in [3.63, 3.8) is 0 Å². The van der Waals surface area contributed by atoms with Gasteiger partial charge in [0.1, 0.15) is 13.8 Å². The highest BCUT2D eigenvalue weighted by Gasteiger charge is 2.37. The minimum absolute atomic E-state index is 0.596. The summed E-state index contributed by atoms with van der Waals surface area (Å²) in [5, 5.41) is 3.18. The highest BCUT2D eigenvalue weighted by atomic mass is 28.3. The first kappa shape index (κ1) is 15.1. The standard InChI is InChI=1S/C18H26OSi/c1-12-13(2)15(4)18(14(12)3)20(6,7)17-10-8-16(19-5)9-11-17/h8-11,14H,1-7H3. The van der Waals surface area contributed by atoms with Crippen molar-refractivity contribution in [2.75, 3.05) is 7.11 Å². The number of hydrogen-bond acceptors (Lipinski definition) is 1. The molecule has 108 valence electrons.